The molecule has 0 saturated heterocycles. The minimum atomic E-state index is -4.61. The maximum absolute atomic E-state index is 14.4. The van der Waals surface area contributed by atoms with Crippen molar-refractivity contribution in [2.24, 2.45) is 0 Å². The number of rotatable bonds is 4. The largest absolute Gasteiger partial charge is 0.416 e. The average Bonchev–Trinajstić information content (AvgIpc) is 2.80. The molecule has 0 unspecified atom stereocenters. The lowest BCUT2D eigenvalue weighted by Crippen LogP contribution is -2.20. The number of hydrogen-bond donors (Lipinski definition) is 2. The van der Waals surface area contributed by atoms with E-state index >= 15 is 0 Å². The van der Waals surface area contributed by atoms with Crippen LogP contribution in [0.1, 0.15) is 21.5 Å². The molecule has 1 heterocycles. The van der Waals surface area contributed by atoms with Crippen molar-refractivity contribution in [1.29, 1.82) is 0 Å². The van der Waals surface area contributed by atoms with Crippen LogP contribution in [0.2, 0.25) is 0 Å². The molecule has 3 aromatic carbocycles. The molecule has 2 N–H and O–H groups in total. The van der Waals surface area contributed by atoms with Crippen molar-refractivity contribution in [2.45, 2.75) is 6.18 Å². The first-order chi connectivity index (χ1) is 16.1. The Kier molecular flexibility index (Phi) is 5.93. The zero-order valence-corrected chi connectivity index (χ0v) is 17.0. The molecule has 2 amide bonds. The molecule has 4 aromatic rings. The Hall–Kier alpha value is -4.41. The van der Waals surface area contributed by atoms with Gasteiger partial charge < -0.3 is 10.6 Å². The van der Waals surface area contributed by atoms with Gasteiger partial charge in [-0.1, -0.05) is 6.07 Å². The maximum Gasteiger partial charge on any atom is 0.416 e. The minimum Gasteiger partial charge on any atom is -0.308 e. The van der Waals surface area contributed by atoms with Crippen molar-refractivity contribution in [3.63, 3.8) is 0 Å². The second kappa shape index (κ2) is 8.85. The number of benzene rings is 3. The van der Waals surface area contributed by atoms with Gasteiger partial charge in [-0.2, -0.15) is 13.2 Å². The van der Waals surface area contributed by atoms with Gasteiger partial charge in [-0.3, -0.25) is 14.8 Å². The van der Waals surface area contributed by atoms with Crippen LogP contribution in [0.4, 0.5) is 38.1 Å². The highest BCUT2D eigenvalue weighted by Crippen LogP contribution is 2.30. The Balaban J connectivity index is 1.57. The Morgan fingerprint density at radius 3 is 2.24 bits per heavy atom. The highest BCUT2D eigenvalue weighted by Gasteiger charge is 2.30. The molecule has 0 bridgehead atoms. The Bertz CT molecular complexity index is 1420. The molecule has 172 valence electrons. The molecule has 4 rings (SSSR count). The fraction of sp³-hybridized carbons (Fsp3) is 0.0435. The normalized spacial score (nSPS) is 11.3. The predicted molar refractivity (Wildman–Crippen MR) is 113 cm³/mol. The van der Waals surface area contributed by atoms with E-state index in [-0.39, 0.29) is 16.9 Å². The lowest BCUT2D eigenvalue weighted by Gasteiger charge is -2.12. The fourth-order valence-corrected chi connectivity index (χ4v) is 3.15. The third kappa shape index (κ3) is 4.82. The first-order valence-corrected chi connectivity index (χ1v) is 9.61. The summed E-state index contributed by atoms with van der Waals surface area (Å²) in [4.78, 5) is 33.2. The topological polar surface area (TPSA) is 84.0 Å². The van der Waals surface area contributed by atoms with Gasteiger partial charge in [0.05, 0.1) is 22.2 Å². The minimum absolute atomic E-state index is 0.0110. The van der Waals surface area contributed by atoms with Crippen molar-refractivity contribution in [2.75, 3.05) is 10.6 Å². The first-order valence-electron chi connectivity index (χ1n) is 9.61. The summed E-state index contributed by atoms with van der Waals surface area (Å²) >= 11 is 0. The number of carbonyl (C=O) groups excluding carboxylic acids is 2. The van der Waals surface area contributed by atoms with E-state index in [4.69, 9.17) is 0 Å². The predicted octanol–water partition coefficient (Wildman–Crippen LogP) is 5.80. The molecular weight excluding hydrogens is 459 g/mol. The Morgan fingerprint density at radius 1 is 0.794 bits per heavy atom. The number of anilines is 2. The van der Waals surface area contributed by atoms with Gasteiger partial charge in [0.1, 0.15) is 0 Å². The van der Waals surface area contributed by atoms with Crippen LogP contribution in [-0.4, -0.2) is 21.8 Å². The molecule has 11 heteroatoms. The van der Waals surface area contributed by atoms with Crippen LogP contribution >= 0.6 is 0 Å². The molecule has 0 saturated carbocycles. The monoisotopic (exact) mass is 472 g/mol. The zero-order valence-electron chi connectivity index (χ0n) is 17.0. The summed E-state index contributed by atoms with van der Waals surface area (Å²) in [5.41, 5.74) is -1.23. The highest BCUT2D eigenvalue weighted by molar-refractivity contribution is 6.11. The van der Waals surface area contributed by atoms with E-state index in [1.54, 1.807) is 0 Å². The first kappa shape index (κ1) is 22.8. The van der Waals surface area contributed by atoms with Crippen LogP contribution in [0, 0.1) is 11.6 Å². The summed E-state index contributed by atoms with van der Waals surface area (Å²) in [5, 5.41) is 4.35. The standard InChI is InChI=1S/C23H13F5N4O2/c24-17-11-15(32-22(34)31-14-3-1-2-13(9-14)23(26,27)28)10-16(20(17)25)21(33)12-4-5-18-19(8-12)30-7-6-29-18/h1-11H,(H2,31,32,34). The van der Waals surface area contributed by atoms with Crippen LogP contribution in [-0.2, 0) is 6.18 Å². The molecule has 0 aliphatic carbocycles. The molecular formula is C23H13F5N4O2. The third-order valence-corrected chi connectivity index (χ3v) is 4.71. The van der Waals surface area contributed by atoms with Gasteiger partial charge in [0.15, 0.2) is 17.4 Å². The highest BCUT2D eigenvalue weighted by atomic mass is 19.4. The molecule has 0 spiro atoms. The van der Waals surface area contributed by atoms with E-state index in [0.717, 1.165) is 18.2 Å². The summed E-state index contributed by atoms with van der Waals surface area (Å²) in [6.45, 7) is 0. The smallest absolute Gasteiger partial charge is 0.308 e. The summed E-state index contributed by atoms with van der Waals surface area (Å²) < 4.78 is 67.1. The summed E-state index contributed by atoms with van der Waals surface area (Å²) in [6, 6.07) is 8.63. The van der Waals surface area contributed by atoms with Crippen LogP contribution in [0.25, 0.3) is 11.0 Å². The van der Waals surface area contributed by atoms with E-state index in [2.05, 4.69) is 20.6 Å². The van der Waals surface area contributed by atoms with Crippen LogP contribution in [0.15, 0.2) is 67.0 Å². The Labute approximate surface area is 188 Å². The van der Waals surface area contributed by atoms with Crippen LogP contribution in [0.3, 0.4) is 0 Å². The number of urea groups is 1. The number of hydrogen-bond acceptors (Lipinski definition) is 4. The average molecular weight is 472 g/mol. The molecule has 0 radical (unpaired) electrons. The number of nitrogens with one attached hydrogen (secondary N) is 2. The van der Waals surface area contributed by atoms with Gasteiger partial charge in [0, 0.05) is 35.4 Å². The lowest BCUT2D eigenvalue weighted by atomic mass is 10.0. The second-order valence-corrected chi connectivity index (χ2v) is 7.07. The van der Waals surface area contributed by atoms with Crippen molar-refractivity contribution < 1.29 is 31.5 Å². The maximum atomic E-state index is 14.4. The fourth-order valence-electron chi connectivity index (χ4n) is 3.15. The zero-order chi connectivity index (χ0) is 24.5. The number of amides is 2. The van der Waals surface area contributed by atoms with E-state index < -0.39 is 40.8 Å². The molecule has 6 nitrogen and oxygen atoms in total. The number of nitrogens with zero attached hydrogens (tertiary/aromatic N) is 2. The number of aromatic nitrogens is 2. The van der Waals surface area contributed by atoms with Crippen molar-refractivity contribution in [3.05, 3.63) is 95.3 Å². The SMILES string of the molecule is O=C(Nc1cccc(C(F)(F)F)c1)Nc1cc(F)c(F)c(C(=O)c2ccc3nccnc3c2)c1. The van der Waals surface area contributed by atoms with Gasteiger partial charge in [-0.05, 0) is 42.5 Å². The van der Waals surface area contributed by atoms with Crippen LogP contribution < -0.4 is 10.6 Å². The molecule has 0 atom stereocenters. The number of fused-ring (bicyclic) bond motifs is 1. The van der Waals surface area contributed by atoms with Crippen molar-refractivity contribution >= 4 is 34.2 Å². The number of halogens is 5. The van der Waals surface area contributed by atoms with Gasteiger partial charge in [-0.25, -0.2) is 13.6 Å². The molecule has 0 aliphatic rings. The third-order valence-electron chi connectivity index (χ3n) is 4.71. The summed E-state index contributed by atoms with van der Waals surface area (Å²) in [7, 11) is 0. The van der Waals surface area contributed by atoms with E-state index in [0.29, 0.717) is 23.2 Å². The Morgan fingerprint density at radius 2 is 1.50 bits per heavy atom. The van der Waals surface area contributed by atoms with E-state index in [1.807, 2.05) is 0 Å². The number of carbonyl (C=O) groups is 2. The van der Waals surface area contributed by atoms with E-state index in [9.17, 15) is 31.5 Å². The summed E-state index contributed by atoms with van der Waals surface area (Å²) in [6.07, 6.45) is -1.75. The molecule has 34 heavy (non-hydrogen) atoms. The van der Waals surface area contributed by atoms with Gasteiger partial charge in [0.25, 0.3) is 0 Å². The molecule has 1 aromatic heterocycles. The van der Waals surface area contributed by atoms with Gasteiger partial charge in [0.2, 0.25) is 0 Å². The van der Waals surface area contributed by atoms with Crippen molar-refractivity contribution in [1.82, 2.24) is 9.97 Å². The van der Waals surface area contributed by atoms with Crippen molar-refractivity contribution in [3.8, 4) is 0 Å². The summed E-state index contributed by atoms with van der Waals surface area (Å²) in [5.74, 6) is -3.69. The number of alkyl halides is 3. The van der Waals surface area contributed by atoms with Crippen LogP contribution in [0.5, 0.6) is 0 Å². The van der Waals surface area contributed by atoms with E-state index in [1.165, 1.54) is 36.7 Å². The lowest BCUT2D eigenvalue weighted by molar-refractivity contribution is -0.137. The second-order valence-electron chi connectivity index (χ2n) is 7.07. The van der Waals surface area contributed by atoms with Gasteiger partial charge in [-0.15, -0.1) is 0 Å². The number of ketones is 1. The quantitative estimate of drug-likeness (QED) is 0.290. The van der Waals surface area contributed by atoms with Gasteiger partial charge >= 0.3 is 12.2 Å². The molecule has 0 fully saturated rings. The molecule has 0 aliphatic heterocycles.